The molecule has 0 fully saturated rings. The van der Waals surface area contributed by atoms with Gasteiger partial charge in [-0.3, -0.25) is 0 Å². The summed E-state index contributed by atoms with van der Waals surface area (Å²) in [6, 6.07) is 1.97. The number of hydrogen-bond acceptors (Lipinski definition) is 5. The Balaban J connectivity index is 2.82. The van der Waals surface area contributed by atoms with Crippen LogP contribution in [0.25, 0.3) is 0 Å². The average Bonchev–Trinajstić information content (AvgIpc) is 2.23. The maximum atomic E-state index is 5.97. The zero-order valence-corrected chi connectivity index (χ0v) is 13.0. The maximum absolute atomic E-state index is 5.97. The molecule has 0 radical (unpaired) electrons. The third-order valence-electron chi connectivity index (χ3n) is 2.58. The predicted molar refractivity (Wildman–Crippen MR) is 81.6 cm³/mol. The molecular formula is C14H27N5. The molecule has 108 valence electrons. The van der Waals surface area contributed by atoms with Gasteiger partial charge in [0.05, 0.1) is 0 Å². The van der Waals surface area contributed by atoms with Crippen molar-refractivity contribution < 1.29 is 0 Å². The van der Waals surface area contributed by atoms with Gasteiger partial charge >= 0.3 is 0 Å². The third kappa shape index (κ3) is 5.87. The Kier molecular flexibility index (Phi) is 5.11. The first-order chi connectivity index (χ1) is 8.67. The minimum absolute atomic E-state index is 0.261. The van der Waals surface area contributed by atoms with Crippen LogP contribution in [-0.4, -0.2) is 35.6 Å². The first-order valence-corrected chi connectivity index (χ1v) is 6.77. The fourth-order valence-corrected chi connectivity index (χ4v) is 1.80. The van der Waals surface area contributed by atoms with Crippen LogP contribution in [0.3, 0.4) is 0 Å². The van der Waals surface area contributed by atoms with Crippen LogP contribution in [0.2, 0.25) is 0 Å². The minimum atomic E-state index is -0.261. The molecule has 1 aromatic rings. The number of anilines is 2. The monoisotopic (exact) mass is 265 g/mol. The molecule has 19 heavy (non-hydrogen) atoms. The van der Waals surface area contributed by atoms with Crippen molar-refractivity contribution in [3.8, 4) is 0 Å². The van der Waals surface area contributed by atoms with Crippen LogP contribution in [-0.2, 0) is 0 Å². The van der Waals surface area contributed by atoms with E-state index in [4.69, 9.17) is 5.73 Å². The topological polar surface area (TPSA) is 67.1 Å². The molecule has 0 atom stereocenters. The van der Waals surface area contributed by atoms with Gasteiger partial charge in [0.25, 0.3) is 0 Å². The lowest BCUT2D eigenvalue weighted by atomic mass is 10.1. The highest BCUT2D eigenvalue weighted by Crippen LogP contribution is 2.16. The Labute approximate surface area is 116 Å². The van der Waals surface area contributed by atoms with Crippen molar-refractivity contribution in [2.45, 2.75) is 40.2 Å². The molecule has 0 aliphatic carbocycles. The molecular weight excluding hydrogens is 238 g/mol. The lowest BCUT2D eigenvalue weighted by molar-refractivity contribution is 0.548. The summed E-state index contributed by atoms with van der Waals surface area (Å²) in [5.41, 5.74) is 5.71. The number of nitrogens with two attached hydrogens (primary N) is 1. The fraction of sp³-hybridized carbons (Fsp3) is 0.714. The maximum Gasteiger partial charge on any atom is 0.134 e. The Hall–Kier alpha value is -1.36. The van der Waals surface area contributed by atoms with E-state index >= 15 is 0 Å². The number of aryl methyl sites for hydroxylation is 1. The Morgan fingerprint density at radius 2 is 2.00 bits per heavy atom. The zero-order valence-electron chi connectivity index (χ0n) is 13.0. The van der Waals surface area contributed by atoms with E-state index in [1.165, 1.54) is 0 Å². The van der Waals surface area contributed by atoms with Crippen molar-refractivity contribution in [1.29, 1.82) is 0 Å². The van der Waals surface area contributed by atoms with E-state index in [0.29, 0.717) is 12.5 Å². The summed E-state index contributed by atoms with van der Waals surface area (Å²) >= 11 is 0. The van der Waals surface area contributed by atoms with E-state index in [0.717, 1.165) is 24.0 Å². The van der Waals surface area contributed by atoms with Gasteiger partial charge in [-0.25, -0.2) is 9.97 Å². The molecule has 5 nitrogen and oxygen atoms in total. The van der Waals surface area contributed by atoms with Gasteiger partial charge in [-0.15, -0.1) is 0 Å². The van der Waals surface area contributed by atoms with Gasteiger partial charge in [-0.05, 0) is 26.7 Å². The second kappa shape index (κ2) is 6.19. The van der Waals surface area contributed by atoms with Crippen LogP contribution in [0, 0.1) is 12.8 Å². The molecule has 3 N–H and O–H groups in total. The summed E-state index contributed by atoms with van der Waals surface area (Å²) in [4.78, 5) is 11.0. The summed E-state index contributed by atoms with van der Waals surface area (Å²) in [5.74, 6) is 3.14. The Bertz CT molecular complexity index is 409. The van der Waals surface area contributed by atoms with E-state index in [9.17, 15) is 0 Å². The van der Waals surface area contributed by atoms with Crippen molar-refractivity contribution in [3.63, 3.8) is 0 Å². The molecule has 0 aromatic carbocycles. The lowest BCUT2D eigenvalue weighted by Gasteiger charge is -2.23. The lowest BCUT2D eigenvalue weighted by Crippen LogP contribution is -2.39. The number of aromatic nitrogens is 2. The molecule has 0 aliphatic rings. The number of hydrogen-bond donors (Lipinski definition) is 2. The smallest absolute Gasteiger partial charge is 0.134 e. The first-order valence-electron chi connectivity index (χ1n) is 6.77. The van der Waals surface area contributed by atoms with Crippen LogP contribution in [0.5, 0.6) is 0 Å². The average molecular weight is 265 g/mol. The predicted octanol–water partition coefficient (Wildman–Crippen LogP) is 2.03. The largest absolute Gasteiger partial charge is 0.368 e. The quantitative estimate of drug-likeness (QED) is 0.824. The number of rotatable bonds is 6. The standard InChI is InChI=1S/C14H27N5/c1-10(2)8-19(6)13-7-12(17-11(3)18-13)16-9-14(4,5)15/h7,10H,8-9,15H2,1-6H3,(H,16,17,18). The molecule has 0 spiro atoms. The molecule has 0 saturated carbocycles. The SMILES string of the molecule is Cc1nc(NCC(C)(C)N)cc(N(C)CC(C)C)n1. The molecule has 5 heteroatoms. The van der Waals surface area contributed by atoms with E-state index in [1.54, 1.807) is 0 Å². The van der Waals surface area contributed by atoms with Crippen LogP contribution < -0.4 is 16.0 Å². The van der Waals surface area contributed by atoms with Gasteiger partial charge in [0.1, 0.15) is 17.5 Å². The van der Waals surface area contributed by atoms with Gasteiger partial charge in [-0.2, -0.15) is 0 Å². The van der Waals surface area contributed by atoms with Crippen molar-refractivity contribution in [1.82, 2.24) is 9.97 Å². The molecule has 0 bridgehead atoms. The van der Waals surface area contributed by atoms with Crippen molar-refractivity contribution in [3.05, 3.63) is 11.9 Å². The minimum Gasteiger partial charge on any atom is -0.368 e. The van der Waals surface area contributed by atoms with Gasteiger partial charge < -0.3 is 16.0 Å². The van der Waals surface area contributed by atoms with Gasteiger partial charge in [0.2, 0.25) is 0 Å². The highest BCUT2D eigenvalue weighted by molar-refractivity contribution is 5.49. The molecule has 1 aromatic heterocycles. The van der Waals surface area contributed by atoms with Crippen LogP contribution in [0.1, 0.15) is 33.5 Å². The summed E-state index contributed by atoms with van der Waals surface area (Å²) in [5, 5.41) is 3.27. The second-order valence-electron chi connectivity index (χ2n) is 6.28. The fourth-order valence-electron chi connectivity index (χ4n) is 1.80. The van der Waals surface area contributed by atoms with Crippen molar-refractivity contribution >= 4 is 11.6 Å². The van der Waals surface area contributed by atoms with E-state index in [2.05, 4.69) is 41.1 Å². The summed E-state index contributed by atoms with van der Waals surface area (Å²) < 4.78 is 0. The zero-order chi connectivity index (χ0) is 14.6. The molecule has 0 aliphatic heterocycles. The summed E-state index contributed by atoms with van der Waals surface area (Å²) in [6.45, 7) is 11.9. The van der Waals surface area contributed by atoms with E-state index in [-0.39, 0.29) is 5.54 Å². The van der Waals surface area contributed by atoms with Gasteiger partial charge in [-0.1, -0.05) is 13.8 Å². The van der Waals surface area contributed by atoms with Gasteiger partial charge in [0.15, 0.2) is 0 Å². The van der Waals surface area contributed by atoms with Crippen LogP contribution >= 0.6 is 0 Å². The van der Waals surface area contributed by atoms with E-state index < -0.39 is 0 Å². The molecule has 0 saturated heterocycles. The second-order valence-corrected chi connectivity index (χ2v) is 6.28. The Morgan fingerprint density at radius 1 is 1.37 bits per heavy atom. The van der Waals surface area contributed by atoms with Crippen molar-refractivity contribution in [2.24, 2.45) is 11.7 Å². The Morgan fingerprint density at radius 3 is 2.53 bits per heavy atom. The van der Waals surface area contributed by atoms with Crippen LogP contribution in [0.15, 0.2) is 6.07 Å². The van der Waals surface area contributed by atoms with Crippen LogP contribution in [0.4, 0.5) is 11.6 Å². The third-order valence-corrected chi connectivity index (χ3v) is 2.58. The number of nitrogens with one attached hydrogen (secondary N) is 1. The highest BCUT2D eigenvalue weighted by atomic mass is 15.2. The molecule has 1 rings (SSSR count). The van der Waals surface area contributed by atoms with E-state index in [1.807, 2.05) is 26.8 Å². The first kappa shape index (κ1) is 15.7. The number of nitrogens with zero attached hydrogens (tertiary/aromatic N) is 3. The highest BCUT2D eigenvalue weighted by Gasteiger charge is 2.12. The summed E-state index contributed by atoms with van der Waals surface area (Å²) in [7, 11) is 2.05. The van der Waals surface area contributed by atoms with Gasteiger partial charge in [0, 0.05) is 31.7 Å². The molecule has 0 unspecified atom stereocenters. The van der Waals surface area contributed by atoms with Crippen molar-refractivity contribution in [2.75, 3.05) is 30.4 Å². The molecule has 0 amide bonds. The summed E-state index contributed by atoms with van der Waals surface area (Å²) in [6.07, 6.45) is 0. The normalized spacial score (nSPS) is 11.8. The molecule has 1 heterocycles.